The molecule has 4 N–H and O–H groups in total. The van der Waals surface area contributed by atoms with E-state index in [4.69, 9.17) is 11.6 Å². The van der Waals surface area contributed by atoms with Gasteiger partial charge in [-0.1, -0.05) is 50.9 Å². The van der Waals surface area contributed by atoms with E-state index in [-0.39, 0.29) is 17.4 Å². The molecule has 0 aliphatic carbocycles. The van der Waals surface area contributed by atoms with Gasteiger partial charge in [-0.25, -0.2) is 0 Å². The maximum absolute atomic E-state index is 10.4. The van der Waals surface area contributed by atoms with Crippen LogP contribution in [0.3, 0.4) is 0 Å². The van der Waals surface area contributed by atoms with E-state index < -0.39 is 6.10 Å². The van der Waals surface area contributed by atoms with Crippen LogP contribution < -0.4 is 5.73 Å². The summed E-state index contributed by atoms with van der Waals surface area (Å²) in [5.41, 5.74) is 5.35. The molecule has 0 bridgehead atoms. The fraction of sp³-hybridized carbons (Fsp3) is 0.625. The molecule has 0 aromatic heterocycles. The fourth-order valence-electron chi connectivity index (χ4n) is 2.74. The summed E-state index contributed by atoms with van der Waals surface area (Å²) < 4.78 is 0. The van der Waals surface area contributed by atoms with E-state index in [1.54, 1.807) is 0 Å². The second kappa shape index (κ2) is 6.74. The van der Waals surface area contributed by atoms with Crippen LogP contribution in [0.2, 0.25) is 5.02 Å². The third-order valence-electron chi connectivity index (χ3n) is 4.19. The van der Waals surface area contributed by atoms with Gasteiger partial charge in [-0.3, -0.25) is 0 Å². The third-order valence-corrected chi connectivity index (χ3v) is 4.44. The topological polar surface area (TPSA) is 47.9 Å². The largest absolute Gasteiger partial charge is 0.387 e. The summed E-state index contributed by atoms with van der Waals surface area (Å²) in [6, 6.07) is 7.92. The van der Waals surface area contributed by atoms with Gasteiger partial charge in [-0.2, -0.15) is 0 Å². The van der Waals surface area contributed by atoms with Crippen LogP contribution in [-0.4, -0.2) is 17.3 Å². The number of aliphatic hydroxyl groups is 1. The van der Waals surface area contributed by atoms with Crippen molar-refractivity contribution in [1.82, 2.24) is 0 Å². The van der Waals surface area contributed by atoms with E-state index in [1.807, 2.05) is 26.0 Å². The standard InChI is InChI=1S/C16H26ClNO/c1-5-10-16(4,15(18)14(19)11(2)3)12-6-8-13(17)9-7-12/h6-9,11,14-15,19H,5,10,18H2,1-4H3/p+1. The van der Waals surface area contributed by atoms with Gasteiger partial charge < -0.3 is 10.8 Å². The lowest BCUT2D eigenvalue weighted by Crippen LogP contribution is -2.74. The number of halogens is 1. The number of rotatable bonds is 6. The van der Waals surface area contributed by atoms with E-state index in [0.29, 0.717) is 0 Å². The Labute approximate surface area is 122 Å². The van der Waals surface area contributed by atoms with Crippen LogP contribution in [0.15, 0.2) is 24.3 Å². The maximum Gasteiger partial charge on any atom is 0.120 e. The predicted molar refractivity (Wildman–Crippen MR) is 81.2 cm³/mol. The first-order valence-corrected chi connectivity index (χ1v) is 7.48. The molecule has 1 rings (SSSR count). The van der Waals surface area contributed by atoms with Gasteiger partial charge in [0, 0.05) is 10.4 Å². The summed E-state index contributed by atoms with van der Waals surface area (Å²) in [7, 11) is 0. The van der Waals surface area contributed by atoms with Crippen molar-refractivity contribution in [2.45, 2.75) is 58.1 Å². The Morgan fingerprint density at radius 3 is 2.21 bits per heavy atom. The van der Waals surface area contributed by atoms with Gasteiger partial charge in [0.15, 0.2) is 0 Å². The molecule has 1 aromatic carbocycles. The van der Waals surface area contributed by atoms with Crippen LogP contribution >= 0.6 is 11.6 Å². The van der Waals surface area contributed by atoms with Gasteiger partial charge in [0.05, 0.1) is 0 Å². The first kappa shape index (κ1) is 16.5. The molecule has 0 fully saturated rings. The molecule has 0 heterocycles. The molecule has 19 heavy (non-hydrogen) atoms. The second-order valence-electron chi connectivity index (χ2n) is 6.02. The highest BCUT2D eigenvalue weighted by molar-refractivity contribution is 6.30. The Morgan fingerprint density at radius 1 is 1.26 bits per heavy atom. The molecule has 0 spiro atoms. The molecule has 1 aromatic rings. The minimum absolute atomic E-state index is 0.0337. The Bertz CT molecular complexity index is 390. The van der Waals surface area contributed by atoms with Gasteiger partial charge >= 0.3 is 0 Å². The minimum Gasteiger partial charge on any atom is -0.387 e. The van der Waals surface area contributed by atoms with Crippen LogP contribution in [-0.2, 0) is 5.41 Å². The number of benzene rings is 1. The lowest BCUT2D eigenvalue weighted by Gasteiger charge is -2.37. The maximum atomic E-state index is 10.4. The van der Waals surface area contributed by atoms with Crippen molar-refractivity contribution >= 4 is 11.6 Å². The number of aliphatic hydroxyl groups excluding tert-OH is 1. The van der Waals surface area contributed by atoms with E-state index in [9.17, 15) is 5.11 Å². The minimum atomic E-state index is -0.396. The molecule has 0 aliphatic rings. The Morgan fingerprint density at radius 2 is 1.79 bits per heavy atom. The lowest BCUT2D eigenvalue weighted by molar-refractivity contribution is -0.457. The molecule has 3 unspecified atom stereocenters. The average molecular weight is 285 g/mol. The molecule has 0 radical (unpaired) electrons. The van der Waals surface area contributed by atoms with Gasteiger partial charge in [0.2, 0.25) is 0 Å². The van der Waals surface area contributed by atoms with Gasteiger partial charge in [0.1, 0.15) is 12.1 Å². The SMILES string of the molecule is CCCC(C)(c1ccc(Cl)cc1)C([NH3+])C(O)C(C)C. The van der Waals surface area contributed by atoms with Crippen molar-refractivity contribution < 1.29 is 10.8 Å². The van der Waals surface area contributed by atoms with Crippen LogP contribution in [0.4, 0.5) is 0 Å². The fourth-order valence-corrected chi connectivity index (χ4v) is 2.86. The summed E-state index contributed by atoms with van der Waals surface area (Å²) in [5, 5.41) is 11.1. The molecule has 3 atom stereocenters. The summed E-state index contributed by atoms with van der Waals surface area (Å²) in [6.45, 7) is 8.44. The zero-order valence-electron chi connectivity index (χ0n) is 12.5. The lowest BCUT2D eigenvalue weighted by atomic mass is 9.70. The van der Waals surface area contributed by atoms with Crippen LogP contribution in [0, 0.1) is 5.92 Å². The Balaban J connectivity index is 3.12. The summed E-state index contributed by atoms with van der Waals surface area (Å²) in [6.07, 6.45) is 1.68. The summed E-state index contributed by atoms with van der Waals surface area (Å²) >= 11 is 5.97. The Hall–Kier alpha value is -0.570. The second-order valence-corrected chi connectivity index (χ2v) is 6.45. The van der Waals surface area contributed by atoms with E-state index in [2.05, 4.69) is 31.7 Å². The molecular weight excluding hydrogens is 258 g/mol. The van der Waals surface area contributed by atoms with Crippen LogP contribution in [0.1, 0.15) is 46.1 Å². The van der Waals surface area contributed by atoms with Crippen molar-refractivity contribution in [3.8, 4) is 0 Å². The molecule has 0 aliphatic heterocycles. The number of hydrogen-bond acceptors (Lipinski definition) is 1. The first-order valence-electron chi connectivity index (χ1n) is 7.10. The molecule has 3 heteroatoms. The highest BCUT2D eigenvalue weighted by atomic mass is 35.5. The molecule has 0 saturated carbocycles. The third kappa shape index (κ3) is 3.71. The normalized spacial score (nSPS) is 18.1. The van der Waals surface area contributed by atoms with Crippen molar-refractivity contribution in [2.75, 3.05) is 0 Å². The van der Waals surface area contributed by atoms with Crippen LogP contribution in [0.25, 0.3) is 0 Å². The zero-order chi connectivity index (χ0) is 14.6. The van der Waals surface area contributed by atoms with Crippen molar-refractivity contribution in [3.05, 3.63) is 34.9 Å². The van der Waals surface area contributed by atoms with Crippen molar-refractivity contribution in [3.63, 3.8) is 0 Å². The quantitative estimate of drug-likeness (QED) is 0.829. The summed E-state index contributed by atoms with van der Waals surface area (Å²) in [5.74, 6) is 0.214. The van der Waals surface area contributed by atoms with E-state index in [1.165, 1.54) is 5.56 Å². The zero-order valence-corrected chi connectivity index (χ0v) is 13.2. The molecule has 0 amide bonds. The number of hydrogen-bond donors (Lipinski definition) is 2. The van der Waals surface area contributed by atoms with Gasteiger partial charge in [-0.15, -0.1) is 0 Å². The smallest absolute Gasteiger partial charge is 0.120 e. The van der Waals surface area contributed by atoms with Gasteiger partial charge in [-0.05, 0) is 37.0 Å². The van der Waals surface area contributed by atoms with Crippen molar-refractivity contribution in [1.29, 1.82) is 0 Å². The predicted octanol–water partition coefficient (Wildman–Crippen LogP) is 3.03. The van der Waals surface area contributed by atoms with Gasteiger partial charge in [0.25, 0.3) is 0 Å². The molecule has 2 nitrogen and oxygen atoms in total. The van der Waals surface area contributed by atoms with E-state index >= 15 is 0 Å². The van der Waals surface area contributed by atoms with Crippen LogP contribution in [0.5, 0.6) is 0 Å². The Kier molecular flexibility index (Phi) is 5.84. The highest BCUT2D eigenvalue weighted by Crippen LogP contribution is 2.34. The highest BCUT2D eigenvalue weighted by Gasteiger charge is 2.41. The summed E-state index contributed by atoms with van der Waals surface area (Å²) in [4.78, 5) is 0. The average Bonchev–Trinajstić information content (AvgIpc) is 2.37. The molecular formula is C16H27ClNO+. The molecule has 108 valence electrons. The molecule has 0 saturated heterocycles. The number of quaternary nitrogens is 1. The van der Waals surface area contributed by atoms with E-state index in [0.717, 1.165) is 17.9 Å². The van der Waals surface area contributed by atoms with Crippen molar-refractivity contribution in [2.24, 2.45) is 5.92 Å². The first-order chi connectivity index (χ1) is 8.82. The monoisotopic (exact) mass is 284 g/mol.